The van der Waals surface area contributed by atoms with Gasteiger partial charge in [-0.1, -0.05) is 42.5 Å². The Balaban J connectivity index is 1.68. The van der Waals surface area contributed by atoms with Gasteiger partial charge in [0, 0.05) is 38.1 Å². The molecule has 0 spiro atoms. The molecule has 0 saturated carbocycles. The third kappa shape index (κ3) is 5.75. The quantitative estimate of drug-likeness (QED) is 0.624. The molecule has 0 unspecified atom stereocenters. The van der Waals surface area contributed by atoms with E-state index in [0.717, 1.165) is 24.1 Å². The Hall–Kier alpha value is -3.02. The summed E-state index contributed by atoms with van der Waals surface area (Å²) in [5.74, 6) is -0.171. The summed E-state index contributed by atoms with van der Waals surface area (Å²) in [5.41, 5.74) is 1.19. The zero-order chi connectivity index (χ0) is 21.2. The topological polar surface area (TPSA) is 72.4 Å². The monoisotopic (exact) mass is 407 g/mol. The van der Waals surface area contributed by atoms with Crippen LogP contribution in [0, 0.1) is 5.41 Å². The Labute approximate surface area is 178 Å². The van der Waals surface area contributed by atoms with Crippen LogP contribution in [0.15, 0.2) is 55.0 Å². The molecule has 6 heteroatoms. The Morgan fingerprint density at radius 3 is 2.80 bits per heavy atom. The van der Waals surface area contributed by atoms with Crippen molar-refractivity contribution >= 4 is 18.0 Å². The van der Waals surface area contributed by atoms with Gasteiger partial charge in [0.2, 0.25) is 5.91 Å². The fraction of sp³-hybridized carbons (Fsp3) is 0.417. The van der Waals surface area contributed by atoms with Crippen molar-refractivity contribution in [3.8, 4) is 0 Å². The number of likely N-dealkylation sites (tertiary alicyclic amines) is 1. The van der Waals surface area contributed by atoms with Gasteiger partial charge in [-0.15, -0.1) is 0 Å². The van der Waals surface area contributed by atoms with E-state index in [2.05, 4.69) is 9.97 Å². The molecule has 1 atom stereocenters. The largest absolute Gasteiger partial charge is 0.466 e. The standard InChI is InChI=1S/C24H29N3O3/c1-2-30-23(29)24(13-6-10-20-8-4-3-5-9-20)14-7-17-27(19-24)22(28)12-11-21-18-25-15-16-26-21/h3-6,8-10,15-16,18H,2,7,11-14,17,19H2,1H3/b10-6+/t24-/m1/s1. The van der Waals surface area contributed by atoms with Gasteiger partial charge in [-0.2, -0.15) is 0 Å². The fourth-order valence-electron chi connectivity index (χ4n) is 3.88. The zero-order valence-electron chi connectivity index (χ0n) is 17.5. The molecular formula is C24H29N3O3. The maximum atomic E-state index is 12.9. The lowest BCUT2D eigenvalue weighted by Gasteiger charge is -2.40. The summed E-state index contributed by atoms with van der Waals surface area (Å²) >= 11 is 0. The molecule has 0 radical (unpaired) electrons. The van der Waals surface area contributed by atoms with Crippen LogP contribution in [-0.2, 0) is 20.7 Å². The minimum Gasteiger partial charge on any atom is -0.466 e. The van der Waals surface area contributed by atoms with E-state index < -0.39 is 5.41 Å². The lowest BCUT2D eigenvalue weighted by Crippen LogP contribution is -2.50. The maximum absolute atomic E-state index is 12.9. The SMILES string of the molecule is CCOC(=O)[C@]1(C/C=C/c2ccccc2)CCCN(C(=O)CCc2cnccn2)C1. The van der Waals surface area contributed by atoms with Gasteiger partial charge in [-0.3, -0.25) is 19.6 Å². The average Bonchev–Trinajstić information content (AvgIpc) is 2.79. The van der Waals surface area contributed by atoms with E-state index in [-0.39, 0.29) is 11.9 Å². The van der Waals surface area contributed by atoms with Crippen LogP contribution in [0.5, 0.6) is 0 Å². The predicted octanol–water partition coefficient (Wildman–Crippen LogP) is 3.68. The molecule has 1 fully saturated rings. The van der Waals surface area contributed by atoms with E-state index in [0.29, 0.717) is 39.0 Å². The molecule has 30 heavy (non-hydrogen) atoms. The van der Waals surface area contributed by atoms with Gasteiger partial charge in [-0.25, -0.2) is 0 Å². The smallest absolute Gasteiger partial charge is 0.314 e. The van der Waals surface area contributed by atoms with Crippen LogP contribution < -0.4 is 0 Å². The second-order valence-electron chi connectivity index (χ2n) is 7.63. The van der Waals surface area contributed by atoms with E-state index in [1.807, 2.05) is 54.3 Å². The summed E-state index contributed by atoms with van der Waals surface area (Å²) in [6.45, 7) is 3.22. The van der Waals surface area contributed by atoms with Crippen LogP contribution in [0.1, 0.15) is 43.9 Å². The first-order valence-corrected chi connectivity index (χ1v) is 10.5. The van der Waals surface area contributed by atoms with Crippen molar-refractivity contribution in [1.29, 1.82) is 0 Å². The minimum atomic E-state index is -0.693. The van der Waals surface area contributed by atoms with Crippen molar-refractivity contribution in [2.24, 2.45) is 5.41 Å². The molecule has 0 N–H and O–H groups in total. The lowest BCUT2D eigenvalue weighted by atomic mass is 9.76. The van der Waals surface area contributed by atoms with Crippen molar-refractivity contribution in [1.82, 2.24) is 14.9 Å². The van der Waals surface area contributed by atoms with Crippen molar-refractivity contribution in [2.75, 3.05) is 19.7 Å². The van der Waals surface area contributed by atoms with E-state index in [1.54, 1.807) is 18.6 Å². The van der Waals surface area contributed by atoms with Crippen molar-refractivity contribution in [3.05, 3.63) is 66.3 Å². The van der Waals surface area contributed by atoms with Crippen molar-refractivity contribution in [2.45, 2.75) is 39.0 Å². The lowest BCUT2D eigenvalue weighted by molar-refractivity contribution is -0.160. The summed E-state index contributed by atoms with van der Waals surface area (Å²) in [6, 6.07) is 9.99. The summed E-state index contributed by atoms with van der Waals surface area (Å²) in [7, 11) is 0. The van der Waals surface area contributed by atoms with Crippen LogP contribution in [-0.4, -0.2) is 46.4 Å². The van der Waals surface area contributed by atoms with Gasteiger partial charge in [0.05, 0.1) is 17.7 Å². The van der Waals surface area contributed by atoms with Crippen LogP contribution in [0.4, 0.5) is 0 Å². The number of benzene rings is 1. The van der Waals surface area contributed by atoms with Gasteiger partial charge in [-0.05, 0) is 38.2 Å². The van der Waals surface area contributed by atoms with Crippen LogP contribution in [0.2, 0.25) is 0 Å². The second-order valence-corrected chi connectivity index (χ2v) is 7.63. The molecule has 1 aromatic carbocycles. The molecule has 158 valence electrons. The van der Waals surface area contributed by atoms with Crippen LogP contribution >= 0.6 is 0 Å². The first-order chi connectivity index (χ1) is 14.6. The molecule has 0 bridgehead atoms. The average molecular weight is 408 g/mol. The number of allylic oxidation sites excluding steroid dienone is 1. The number of esters is 1. The van der Waals surface area contributed by atoms with Crippen LogP contribution in [0.25, 0.3) is 6.08 Å². The fourth-order valence-corrected chi connectivity index (χ4v) is 3.88. The maximum Gasteiger partial charge on any atom is 0.314 e. The summed E-state index contributed by atoms with van der Waals surface area (Å²) < 4.78 is 5.42. The van der Waals surface area contributed by atoms with Gasteiger partial charge >= 0.3 is 5.97 Å². The predicted molar refractivity (Wildman–Crippen MR) is 115 cm³/mol. The molecular weight excluding hydrogens is 378 g/mol. The summed E-state index contributed by atoms with van der Waals surface area (Å²) in [5, 5.41) is 0. The molecule has 1 aliphatic rings. The molecule has 1 aromatic heterocycles. The molecule has 1 amide bonds. The number of aromatic nitrogens is 2. The van der Waals surface area contributed by atoms with Crippen LogP contribution in [0.3, 0.4) is 0 Å². The highest BCUT2D eigenvalue weighted by molar-refractivity contribution is 5.81. The second kappa shape index (κ2) is 10.7. The Morgan fingerprint density at radius 2 is 2.07 bits per heavy atom. The number of carbonyl (C=O) groups excluding carboxylic acids is 2. The number of ether oxygens (including phenoxy) is 1. The summed E-state index contributed by atoms with van der Waals surface area (Å²) in [6.07, 6.45) is 11.9. The molecule has 2 aromatic rings. The van der Waals surface area contributed by atoms with E-state index in [1.165, 1.54) is 0 Å². The molecule has 0 aliphatic carbocycles. The van der Waals surface area contributed by atoms with Gasteiger partial charge in [0.1, 0.15) is 0 Å². The van der Waals surface area contributed by atoms with E-state index in [4.69, 9.17) is 4.74 Å². The Kier molecular flexibility index (Phi) is 7.71. The van der Waals surface area contributed by atoms with Crippen molar-refractivity contribution in [3.63, 3.8) is 0 Å². The number of carbonyl (C=O) groups is 2. The molecule has 3 rings (SSSR count). The highest BCUT2D eigenvalue weighted by Crippen LogP contribution is 2.36. The van der Waals surface area contributed by atoms with Gasteiger partial charge in [0.25, 0.3) is 0 Å². The zero-order valence-corrected chi connectivity index (χ0v) is 17.5. The Morgan fingerprint density at radius 1 is 1.23 bits per heavy atom. The number of hydrogen-bond donors (Lipinski definition) is 0. The molecule has 2 heterocycles. The first kappa shape index (κ1) is 21.7. The summed E-state index contributed by atoms with van der Waals surface area (Å²) in [4.78, 5) is 35.8. The minimum absolute atomic E-state index is 0.0427. The number of aryl methyl sites for hydroxylation is 1. The van der Waals surface area contributed by atoms with Gasteiger partial charge < -0.3 is 9.64 Å². The molecule has 1 aliphatic heterocycles. The highest BCUT2D eigenvalue weighted by Gasteiger charge is 2.43. The Bertz CT molecular complexity index is 855. The number of amides is 1. The number of hydrogen-bond acceptors (Lipinski definition) is 5. The van der Waals surface area contributed by atoms with Gasteiger partial charge in [0.15, 0.2) is 0 Å². The van der Waals surface area contributed by atoms with E-state index in [9.17, 15) is 9.59 Å². The van der Waals surface area contributed by atoms with Crippen molar-refractivity contribution < 1.29 is 14.3 Å². The molecule has 6 nitrogen and oxygen atoms in total. The third-order valence-corrected chi connectivity index (χ3v) is 5.47. The van der Waals surface area contributed by atoms with E-state index >= 15 is 0 Å². The number of rotatable bonds is 8. The molecule has 1 saturated heterocycles. The normalized spacial score (nSPS) is 19.0. The number of piperidine rings is 1. The third-order valence-electron chi connectivity index (χ3n) is 5.47. The number of nitrogens with zero attached hydrogens (tertiary/aromatic N) is 3. The first-order valence-electron chi connectivity index (χ1n) is 10.5. The highest BCUT2D eigenvalue weighted by atomic mass is 16.5.